The Kier molecular flexibility index (Phi) is 4.68. The number of nitrogens with zero attached hydrogens (tertiary/aromatic N) is 2. The summed E-state index contributed by atoms with van der Waals surface area (Å²) in [5, 5.41) is 3.26. The minimum absolute atomic E-state index is 0.106. The number of hydrogen-bond donors (Lipinski definition) is 1. The van der Waals surface area contributed by atoms with Crippen LogP contribution in [-0.4, -0.2) is 32.9 Å². The average molecular weight is 409 g/mol. The highest BCUT2D eigenvalue weighted by molar-refractivity contribution is 6.02. The van der Waals surface area contributed by atoms with E-state index < -0.39 is 5.54 Å². The van der Waals surface area contributed by atoms with E-state index in [0.29, 0.717) is 23.6 Å². The molecule has 1 atom stereocenters. The third-order valence-corrected chi connectivity index (χ3v) is 6.62. The first-order chi connectivity index (χ1) is 14.6. The van der Waals surface area contributed by atoms with Crippen molar-refractivity contribution < 1.29 is 18.4 Å². The molecule has 0 bridgehead atoms. The van der Waals surface area contributed by atoms with Crippen molar-refractivity contribution >= 4 is 22.9 Å². The van der Waals surface area contributed by atoms with Gasteiger partial charge in [0, 0.05) is 18.2 Å². The first kappa shape index (κ1) is 19.0. The minimum Gasteiger partial charge on any atom is -0.467 e. The van der Waals surface area contributed by atoms with Gasteiger partial charge in [0.2, 0.25) is 5.91 Å². The van der Waals surface area contributed by atoms with Gasteiger partial charge >= 0.3 is 0 Å². The van der Waals surface area contributed by atoms with Gasteiger partial charge in [-0.2, -0.15) is 0 Å². The highest BCUT2D eigenvalue weighted by Gasteiger charge is 2.48. The van der Waals surface area contributed by atoms with Gasteiger partial charge in [0.25, 0.3) is 5.91 Å². The Balaban J connectivity index is 1.51. The number of nitrogens with one attached hydrogen (secondary N) is 1. The standard InChI is InChI=1S/C23H27N3O4/c1-23(22(28)24-16-7-4-2-3-5-8-16)15-25-18-10-12-30-20(18)13-19(25)21(27)26(23)14-17-9-6-11-29-17/h6,9-13,16H,2-5,7-8,14-15H2,1H3,(H,24,28). The molecule has 1 N–H and O–H groups in total. The van der Waals surface area contributed by atoms with Crippen LogP contribution in [0.3, 0.4) is 0 Å². The van der Waals surface area contributed by atoms with Crippen LogP contribution in [0.2, 0.25) is 0 Å². The molecular formula is C23H27N3O4. The van der Waals surface area contributed by atoms with Crippen molar-refractivity contribution in [2.45, 2.75) is 70.1 Å². The minimum atomic E-state index is -1.04. The molecule has 1 fully saturated rings. The zero-order chi connectivity index (χ0) is 20.7. The summed E-state index contributed by atoms with van der Waals surface area (Å²) >= 11 is 0. The maximum absolute atomic E-state index is 13.6. The Morgan fingerprint density at radius 3 is 2.70 bits per heavy atom. The fraction of sp³-hybridized carbons (Fsp3) is 0.478. The van der Waals surface area contributed by atoms with Gasteiger partial charge in [-0.05, 0) is 31.9 Å². The van der Waals surface area contributed by atoms with E-state index in [4.69, 9.17) is 8.83 Å². The van der Waals surface area contributed by atoms with Crippen LogP contribution in [0.15, 0.2) is 45.6 Å². The largest absolute Gasteiger partial charge is 0.467 e. The van der Waals surface area contributed by atoms with Crippen molar-refractivity contribution in [2.24, 2.45) is 0 Å². The lowest BCUT2D eigenvalue weighted by atomic mass is 9.93. The number of furan rings is 2. The van der Waals surface area contributed by atoms with Crippen LogP contribution in [0.4, 0.5) is 0 Å². The van der Waals surface area contributed by atoms with Crippen molar-refractivity contribution in [1.82, 2.24) is 14.8 Å². The smallest absolute Gasteiger partial charge is 0.272 e. The fourth-order valence-electron chi connectivity index (χ4n) is 4.84. The first-order valence-corrected chi connectivity index (χ1v) is 10.8. The quantitative estimate of drug-likeness (QED) is 0.659. The van der Waals surface area contributed by atoms with E-state index >= 15 is 0 Å². The molecule has 1 unspecified atom stereocenters. The highest BCUT2D eigenvalue weighted by atomic mass is 16.3. The summed E-state index contributed by atoms with van der Waals surface area (Å²) in [5.74, 6) is 0.355. The third kappa shape index (κ3) is 3.13. The Bertz CT molecular complexity index is 1060. The molecule has 5 rings (SSSR count). The van der Waals surface area contributed by atoms with Gasteiger partial charge in [-0.3, -0.25) is 9.59 Å². The van der Waals surface area contributed by atoms with E-state index in [9.17, 15) is 9.59 Å². The Hall–Kier alpha value is -2.96. The lowest BCUT2D eigenvalue weighted by molar-refractivity contribution is -0.134. The summed E-state index contributed by atoms with van der Waals surface area (Å²) in [7, 11) is 0. The molecule has 4 heterocycles. The van der Waals surface area contributed by atoms with E-state index in [0.717, 1.165) is 31.2 Å². The zero-order valence-electron chi connectivity index (χ0n) is 17.2. The first-order valence-electron chi connectivity index (χ1n) is 10.8. The molecule has 1 saturated carbocycles. The summed E-state index contributed by atoms with van der Waals surface area (Å²) in [6.07, 6.45) is 9.89. The van der Waals surface area contributed by atoms with Crippen molar-refractivity contribution in [2.75, 3.05) is 0 Å². The van der Waals surface area contributed by atoms with Gasteiger partial charge in [0.05, 0.1) is 31.1 Å². The monoisotopic (exact) mass is 409 g/mol. The Morgan fingerprint density at radius 1 is 1.17 bits per heavy atom. The molecule has 0 radical (unpaired) electrons. The summed E-state index contributed by atoms with van der Waals surface area (Å²) in [5.41, 5.74) is 0.997. The van der Waals surface area contributed by atoms with E-state index in [1.807, 2.05) is 23.6 Å². The lowest BCUT2D eigenvalue weighted by Gasteiger charge is -2.44. The summed E-state index contributed by atoms with van der Waals surface area (Å²) in [6.45, 7) is 2.47. The summed E-state index contributed by atoms with van der Waals surface area (Å²) in [6, 6.07) is 7.39. The van der Waals surface area contributed by atoms with Crippen molar-refractivity contribution in [1.29, 1.82) is 0 Å². The lowest BCUT2D eigenvalue weighted by Crippen LogP contribution is -2.64. The molecule has 3 aromatic rings. The second kappa shape index (κ2) is 7.38. The SMILES string of the molecule is CC1(C(=O)NC2CCCCCC2)Cn2c(cc3occc32)C(=O)N1Cc1ccco1. The van der Waals surface area contributed by atoms with Gasteiger partial charge in [-0.1, -0.05) is 25.7 Å². The van der Waals surface area contributed by atoms with Gasteiger partial charge in [-0.25, -0.2) is 0 Å². The van der Waals surface area contributed by atoms with Gasteiger partial charge in [0.1, 0.15) is 17.0 Å². The second-order valence-electron chi connectivity index (χ2n) is 8.69. The van der Waals surface area contributed by atoms with Crippen LogP contribution < -0.4 is 5.32 Å². The molecule has 7 heteroatoms. The van der Waals surface area contributed by atoms with Crippen LogP contribution in [0.25, 0.3) is 11.1 Å². The molecule has 2 amide bonds. The average Bonchev–Trinajstić information content (AvgIpc) is 3.42. The van der Waals surface area contributed by atoms with E-state index in [-0.39, 0.29) is 24.4 Å². The number of hydrogen-bond acceptors (Lipinski definition) is 4. The number of carbonyl (C=O) groups is 2. The Labute approximate surface area is 175 Å². The molecule has 1 aliphatic heterocycles. The molecule has 1 aliphatic carbocycles. The van der Waals surface area contributed by atoms with Crippen LogP contribution >= 0.6 is 0 Å². The van der Waals surface area contributed by atoms with Crippen molar-refractivity contribution in [3.05, 3.63) is 48.2 Å². The molecule has 7 nitrogen and oxygen atoms in total. The number of carbonyl (C=O) groups excluding carboxylic acids is 2. The van der Waals surface area contributed by atoms with Gasteiger partial charge < -0.3 is 23.6 Å². The van der Waals surface area contributed by atoms with Gasteiger partial charge in [0.15, 0.2) is 5.58 Å². The van der Waals surface area contributed by atoms with Crippen LogP contribution in [0.1, 0.15) is 61.7 Å². The molecule has 3 aromatic heterocycles. The van der Waals surface area contributed by atoms with E-state index in [1.165, 1.54) is 12.8 Å². The summed E-state index contributed by atoms with van der Waals surface area (Å²) < 4.78 is 12.9. The topological polar surface area (TPSA) is 80.6 Å². The maximum atomic E-state index is 13.6. The normalized spacial score (nSPS) is 22.8. The molecule has 0 aromatic carbocycles. The number of aromatic nitrogens is 1. The highest BCUT2D eigenvalue weighted by Crippen LogP contribution is 2.34. The number of rotatable bonds is 4. The summed E-state index contributed by atoms with van der Waals surface area (Å²) in [4.78, 5) is 28.8. The zero-order valence-corrected chi connectivity index (χ0v) is 17.2. The molecule has 158 valence electrons. The Morgan fingerprint density at radius 2 is 1.97 bits per heavy atom. The number of amides is 2. The van der Waals surface area contributed by atoms with E-state index in [1.54, 1.807) is 29.6 Å². The van der Waals surface area contributed by atoms with Crippen molar-refractivity contribution in [3.63, 3.8) is 0 Å². The van der Waals surface area contributed by atoms with Crippen LogP contribution in [0.5, 0.6) is 0 Å². The maximum Gasteiger partial charge on any atom is 0.272 e. The van der Waals surface area contributed by atoms with Gasteiger partial charge in [-0.15, -0.1) is 0 Å². The molecular weight excluding hydrogens is 382 g/mol. The third-order valence-electron chi connectivity index (χ3n) is 6.62. The molecule has 0 saturated heterocycles. The molecule has 30 heavy (non-hydrogen) atoms. The molecule has 2 aliphatic rings. The molecule has 0 spiro atoms. The van der Waals surface area contributed by atoms with Crippen LogP contribution in [0, 0.1) is 0 Å². The predicted molar refractivity (Wildman–Crippen MR) is 111 cm³/mol. The second-order valence-corrected chi connectivity index (χ2v) is 8.69. The fourth-order valence-corrected chi connectivity index (χ4v) is 4.84. The number of fused-ring (bicyclic) bond motifs is 3. The van der Waals surface area contributed by atoms with Crippen LogP contribution in [-0.2, 0) is 17.9 Å². The predicted octanol–water partition coefficient (Wildman–Crippen LogP) is 4.08. The van der Waals surface area contributed by atoms with E-state index in [2.05, 4.69) is 5.32 Å². The van der Waals surface area contributed by atoms with Crippen molar-refractivity contribution in [3.8, 4) is 0 Å².